The Kier molecular flexibility index (Phi) is 4.44. The lowest BCUT2D eigenvalue weighted by Crippen LogP contribution is -2.48. The third kappa shape index (κ3) is 3.33. The number of benzene rings is 2. The SMILES string of the molecule is Cc1ccc(CN2C(=O)C(C(C)C)Oc3ccc([N+](=O)[O-])cc32)cc1. The second-order valence-corrected chi connectivity index (χ2v) is 6.60. The number of nitrogens with zero attached hydrogens (tertiary/aromatic N) is 2. The molecule has 0 aliphatic carbocycles. The number of hydrogen-bond donors (Lipinski definition) is 0. The summed E-state index contributed by atoms with van der Waals surface area (Å²) in [5.41, 5.74) is 2.47. The molecule has 1 atom stereocenters. The van der Waals surface area contributed by atoms with E-state index < -0.39 is 11.0 Å². The molecular weight excluding hydrogens is 320 g/mol. The van der Waals surface area contributed by atoms with Crippen LogP contribution in [0.15, 0.2) is 42.5 Å². The molecule has 6 heteroatoms. The smallest absolute Gasteiger partial charge is 0.271 e. The summed E-state index contributed by atoms with van der Waals surface area (Å²) < 4.78 is 5.81. The molecule has 1 unspecified atom stereocenters. The lowest BCUT2D eigenvalue weighted by molar-refractivity contribution is -0.384. The van der Waals surface area contributed by atoms with Gasteiger partial charge in [-0.25, -0.2) is 0 Å². The van der Waals surface area contributed by atoms with Crippen LogP contribution in [-0.4, -0.2) is 16.9 Å². The van der Waals surface area contributed by atoms with E-state index in [4.69, 9.17) is 4.74 Å². The van der Waals surface area contributed by atoms with Crippen molar-refractivity contribution in [2.45, 2.75) is 33.4 Å². The minimum absolute atomic E-state index is 0.00337. The molecule has 3 rings (SSSR count). The van der Waals surface area contributed by atoms with Gasteiger partial charge in [0.1, 0.15) is 5.75 Å². The van der Waals surface area contributed by atoms with E-state index in [-0.39, 0.29) is 17.5 Å². The number of hydrogen-bond acceptors (Lipinski definition) is 4. The Labute approximate surface area is 146 Å². The van der Waals surface area contributed by atoms with E-state index in [9.17, 15) is 14.9 Å². The van der Waals surface area contributed by atoms with Crippen molar-refractivity contribution in [1.29, 1.82) is 0 Å². The highest BCUT2D eigenvalue weighted by molar-refractivity contribution is 6.00. The van der Waals surface area contributed by atoms with Gasteiger partial charge in [-0.2, -0.15) is 0 Å². The molecule has 1 aliphatic heterocycles. The third-order valence-electron chi connectivity index (χ3n) is 4.27. The first-order valence-electron chi connectivity index (χ1n) is 8.19. The number of fused-ring (bicyclic) bond motifs is 1. The van der Waals surface area contributed by atoms with Gasteiger partial charge >= 0.3 is 0 Å². The minimum atomic E-state index is -0.598. The average molecular weight is 340 g/mol. The predicted octanol–water partition coefficient (Wildman–Crippen LogP) is 3.85. The molecule has 1 amide bonds. The van der Waals surface area contributed by atoms with Gasteiger partial charge in [0.2, 0.25) is 0 Å². The highest BCUT2D eigenvalue weighted by Gasteiger charge is 2.37. The summed E-state index contributed by atoms with van der Waals surface area (Å²) in [5.74, 6) is 0.316. The summed E-state index contributed by atoms with van der Waals surface area (Å²) in [6.45, 7) is 6.18. The first kappa shape index (κ1) is 17.0. The van der Waals surface area contributed by atoms with Gasteiger partial charge in [0.15, 0.2) is 6.10 Å². The molecule has 1 aliphatic rings. The fourth-order valence-corrected chi connectivity index (χ4v) is 2.85. The standard InChI is InChI=1S/C19H20N2O4/c1-12(2)18-19(22)20(11-14-6-4-13(3)5-7-14)16-10-15(21(23)24)8-9-17(16)25-18/h4-10,12,18H,11H2,1-3H3. The molecule has 0 spiro atoms. The molecule has 6 nitrogen and oxygen atoms in total. The van der Waals surface area contributed by atoms with Gasteiger partial charge < -0.3 is 9.64 Å². The third-order valence-corrected chi connectivity index (χ3v) is 4.27. The van der Waals surface area contributed by atoms with Crippen LogP contribution < -0.4 is 9.64 Å². The molecule has 25 heavy (non-hydrogen) atoms. The number of ether oxygens (including phenoxy) is 1. The van der Waals surface area contributed by atoms with Gasteiger partial charge in [-0.05, 0) is 24.5 Å². The lowest BCUT2D eigenvalue weighted by atomic mass is 10.0. The summed E-state index contributed by atoms with van der Waals surface area (Å²) in [7, 11) is 0. The molecule has 0 fully saturated rings. The Morgan fingerprint density at radius 3 is 2.48 bits per heavy atom. The van der Waals surface area contributed by atoms with E-state index in [0.29, 0.717) is 18.0 Å². The highest BCUT2D eigenvalue weighted by Crippen LogP contribution is 2.39. The topological polar surface area (TPSA) is 72.7 Å². The Hall–Kier alpha value is -2.89. The maximum atomic E-state index is 12.9. The van der Waals surface area contributed by atoms with Crippen molar-refractivity contribution < 1.29 is 14.5 Å². The van der Waals surface area contributed by atoms with Gasteiger partial charge in [0.05, 0.1) is 17.2 Å². The van der Waals surface area contributed by atoms with E-state index in [1.54, 1.807) is 11.0 Å². The van der Waals surface area contributed by atoms with E-state index >= 15 is 0 Å². The Morgan fingerprint density at radius 1 is 1.20 bits per heavy atom. The summed E-state index contributed by atoms with van der Waals surface area (Å²) in [4.78, 5) is 25.1. The number of amides is 1. The lowest BCUT2D eigenvalue weighted by Gasteiger charge is -2.36. The molecule has 2 aromatic carbocycles. The molecule has 0 N–H and O–H groups in total. The number of non-ortho nitro benzene ring substituents is 1. The zero-order valence-electron chi connectivity index (χ0n) is 14.4. The first-order valence-corrected chi connectivity index (χ1v) is 8.19. The van der Waals surface area contributed by atoms with Crippen molar-refractivity contribution >= 4 is 17.3 Å². The van der Waals surface area contributed by atoms with Crippen LogP contribution in [0.5, 0.6) is 5.75 Å². The van der Waals surface area contributed by atoms with Gasteiger partial charge in [0, 0.05) is 12.1 Å². The molecule has 0 radical (unpaired) electrons. The molecule has 1 heterocycles. The largest absolute Gasteiger partial charge is 0.478 e. The van der Waals surface area contributed by atoms with E-state index in [1.807, 2.05) is 45.0 Å². The number of anilines is 1. The fraction of sp³-hybridized carbons (Fsp3) is 0.316. The number of carbonyl (C=O) groups excluding carboxylic acids is 1. The van der Waals surface area contributed by atoms with Crippen LogP contribution in [-0.2, 0) is 11.3 Å². The summed E-state index contributed by atoms with van der Waals surface area (Å²) in [6, 6.07) is 12.2. The number of carbonyl (C=O) groups is 1. The highest BCUT2D eigenvalue weighted by atomic mass is 16.6. The summed E-state index contributed by atoms with van der Waals surface area (Å²) in [6.07, 6.45) is -0.598. The van der Waals surface area contributed by atoms with Crippen LogP contribution in [0.2, 0.25) is 0 Å². The average Bonchev–Trinajstić information content (AvgIpc) is 2.58. The van der Waals surface area contributed by atoms with Crippen molar-refractivity contribution in [1.82, 2.24) is 0 Å². The zero-order chi connectivity index (χ0) is 18.1. The van der Waals surface area contributed by atoms with Crippen LogP contribution in [0.1, 0.15) is 25.0 Å². The van der Waals surface area contributed by atoms with Crippen LogP contribution in [0.25, 0.3) is 0 Å². The van der Waals surface area contributed by atoms with Crippen LogP contribution in [0.3, 0.4) is 0 Å². The quantitative estimate of drug-likeness (QED) is 0.626. The maximum absolute atomic E-state index is 12.9. The van der Waals surface area contributed by atoms with E-state index in [0.717, 1.165) is 11.1 Å². The maximum Gasteiger partial charge on any atom is 0.271 e. The molecule has 130 valence electrons. The number of rotatable bonds is 4. The van der Waals surface area contributed by atoms with Crippen molar-refractivity contribution in [3.63, 3.8) is 0 Å². The molecule has 0 bridgehead atoms. The van der Waals surface area contributed by atoms with Crippen molar-refractivity contribution in [2.75, 3.05) is 4.90 Å². The van der Waals surface area contributed by atoms with Gasteiger partial charge in [-0.3, -0.25) is 14.9 Å². The number of aryl methyl sites for hydroxylation is 1. The Balaban J connectivity index is 2.04. The second-order valence-electron chi connectivity index (χ2n) is 6.60. The van der Waals surface area contributed by atoms with Gasteiger partial charge in [0.25, 0.3) is 11.6 Å². The molecule has 2 aromatic rings. The second kappa shape index (κ2) is 6.55. The van der Waals surface area contributed by atoms with Gasteiger partial charge in [-0.1, -0.05) is 43.7 Å². The summed E-state index contributed by atoms with van der Waals surface area (Å²) in [5, 5.41) is 11.1. The van der Waals surface area contributed by atoms with Crippen molar-refractivity contribution in [2.24, 2.45) is 5.92 Å². The normalized spacial score (nSPS) is 16.6. The van der Waals surface area contributed by atoms with Crippen LogP contribution in [0.4, 0.5) is 11.4 Å². The fourth-order valence-electron chi connectivity index (χ4n) is 2.85. The Bertz CT molecular complexity index is 815. The minimum Gasteiger partial charge on any atom is -0.478 e. The molecular formula is C19H20N2O4. The molecule has 0 aromatic heterocycles. The van der Waals surface area contributed by atoms with E-state index in [1.165, 1.54) is 12.1 Å². The Morgan fingerprint density at radius 2 is 1.88 bits per heavy atom. The van der Waals surface area contributed by atoms with E-state index in [2.05, 4.69) is 0 Å². The molecule has 0 saturated carbocycles. The molecule has 0 saturated heterocycles. The van der Waals surface area contributed by atoms with Crippen LogP contribution in [0, 0.1) is 23.0 Å². The zero-order valence-corrected chi connectivity index (χ0v) is 14.4. The monoisotopic (exact) mass is 340 g/mol. The summed E-state index contributed by atoms with van der Waals surface area (Å²) >= 11 is 0. The predicted molar refractivity (Wildman–Crippen MR) is 94.7 cm³/mol. The number of nitro groups is 1. The van der Waals surface area contributed by atoms with Gasteiger partial charge in [-0.15, -0.1) is 0 Å². The number of nitro benzene ring substituents is 1. The van der Waals surface area contributed by atoms with Crippen molar-refractivity contribution in [3.8, 4) is 5.75 Å². The first-order chi connectivity index (χ1) is 11.9. The van der Waals surface area contributed by atoms with Crippen LogP contribution >= 0.6 is 0 Å². The van der Waals surface area contributed by atoms with Crippen molar-refractivity contribution in [3.05, 3.63) is 63.7 Å².